The summed E-state index contributed by atoms with van der Waals surface area (Å²) in [7, 11) is 1.38. The van der Waals surface area contributed by atoms with Crippen molar-refractivity contribution >= 4 is 5.97 Å². The van der Waals surface area contributed by atoms with Crippen molar-refractivity contribution in [2.24, 2.45) is 0 Å². The van der Waals surface area contributed by atoms with E-state index in [0.717, 1.165) is 28.1 Å². The van der Waals surface area contributed by atoms with Crippen molar-refractivity contribution in [3.63, 3.8) is 0 Å². The lowest BCUT2D eigenvalue weighted by molar-refractivity contribution is -0.134. The summed E-state index contributed by atoms with van der Waals surface area (Å²) >= 11 is 0. The molecule has 0 unspecified atom stereocenters. The maximum absolute atomic E-state index is 11.3. The molecule has 0 saturated heterocycles. The SMILES string of the molecule is COC(=O)C=CCc1cc(-c2ccccc2)nc(-c2ccccc2)c1. The van der Waals surface area contributed by atoms with Crippen molar-refractivity contribution in [3.05, 3.63) is 90.5 Å². The zero-order valence-corrected chi connectivity index (χ0v) is 14.1. The highest BCUT2D eigenvalue weighted by Crippen LogP contribution is 2.25. The fourth-order valence-electron chi connectivity index (χ4n) is 2.58. The normalized spacial score (nSPS) is 10.8. The van der Waals surface area contributed by atoms with Crippen molar-refractivity contribution in [2.75, 3.05) is 7.11 Å². The average molecular weight is 329 g/mol. The lowest BCUT2D eigenvalue weighted by Crippen LogP contribution is -1.95. The number of nitrogens with zero attached hydrogens (tertiary/aromatic N) is 1. The summed E-state index contributed by atoms with van der Waals surface area (Å²) in [6.45, 7) is 0. The first-order chi connectivity index (χ1) is 12.3. The second kappa shape index (κ2) is 8.06. The number of rotatable bonds is 5. The van der Waals surface area contributed by atoms with Crippen LogP contribution in [0.3, 0.4) is 0 Å². The zero-order chi connectivity index (χ0) is 17.5. The van der Waals surface area contributed by atoms with Crippen LogP contribution < -0.4 is 0 Å². The van der Waals surface area contributed by atoms with Gasteiger partial charge in [-0.25, -0.2) is 9.78 Å². The van der Waals surface area contributed by atoms with E-state index in [1.807, 2.05) is 66.7 Å². The van der Waals surface area contributed by atoms with E-state index >= 15 is 0 Å². The lowest BCUT2D eigenvalue weighted by atomic mass is 10.0. The molecule has 0 amide bonds. The molecular weight excluding hydrogens is 310 g/mol. The minimum absolute atomic E-state index is 0.347. The number of carbonyl (C=O) groups excluding carboxylic acids is 1. The highest BCUT2D eigenvalue weighted by molar-refractivity contribution is 5.81. The Morgan fingerprint density at radius 1 is 0.920 bits per heavy atom. The maximum atomic E-state index is 11.3. The molecule has 0 aliphatic rings. The van der Waals surface area contributed by atoms with Crippen molar-refractivity contribution in [1.82, 2.24) is 4.98 Å². The van der Waals surface area contributed by atoms with Gasteiger partial charge in [0.2, 0.25) is 0 Å². The van der Waals surface area contributed by atoms with Crippen LogP contribution in [0.1, 0.15) is 5.56 Å². The van der Waals surface area contributed by atoms with Gasteiger partial charge in [-0.15, -0.1) is 0 Å². The lowest BCUT2D eigenvalue weighted by Gasteiger charge is -2.09. The van der Waals surface area contributed by atoms with Gasteiger partial charge in [-0.1, -0.05) is 66.7 Å². The Morgan fingerprint density at radius 2 is 1.44 bits per heavy atom. The Morgan fingerprint density at radius 3 is 1.92 bits per heavy atom. The number of hydrogen-bond acceptors (Lipinski definition) is 3. The molecule has 0 aliphatic heterocycles. The quantitative estimate of drug-likeness (QED) is 0.504. The predicted octanol–water partition coefficient (Wildman–Crippen LogP) is 4.69. The number of methoxy groups -OCH3 is 1. The Kier molecular flexibility index (Phi) is 5.37. The van der Waals surface area contributed by atoms with Crippen molar-refractivity contribution in [1.29, 1.82) is 0 Å². The first-order valence-corrected chi connectivity index (χ1v) is 8.12. The Hall–Kier alpha value is -3.20. The molecule has 3 rings (SSSR count). The Bertz CT molecular complexity index is 813. The van der Waals surface area contributed by atoms with Crippen LogP contribution in [0.2, 0.25) is 0 Å². The molecule has 3 heteroatoms. The van der Waals surface area contributed by atoms with Gasteiger partial charge in [0.05, 0.1) is 18.5 Å². The van der Waals surface area contributed by atoms with Crippen LogP contribution in [0.25, 0.3) is 22.5 Å². The highest BCUT2D eigenvalue weighted by Gasteiger charge is 2.06. The Balaban J connectivity index is 1.99. The van der Waals surface area contributed by atoms with Gasteiger partial charge in [0.15, 0.2) is 0 Å². The van der Waals surface area contributed by atoms with Gasteiger partial charge in [-0.05, 0) is 24.1 Å². The van der Waals surface area contributed by atoms with Gasteiger partial charge in [-0.3, -0.25) is 0 Å². The first kappa shape index (κ1) is 16.7. The average Bonchev–Trinajstić information content (AvgIpc) is 2.69. The molecule has 25 heavy (non-hydrogen) atoms. The van der Waals surface area contributed by atoms with Crippen LogP contribution in [0, 0.1) is 0 Å². The van der Waals surface area contributed by atoms with Crippen molar-refractivity contribution < 1.29 is 9.53 Å². The maximum Gasteiger partial charge on any atom is 0.330 e. The Labute approximate surface area is 147 Å². The third kappa shape index (κ3) is 4.42. The minimum Gasteiger partial charge on any atom is -0.466 e. The third-order valence-corrected chi connectivity index (χ3v) is 3.83. The van der Waals surface area contributed by atoms with Gasteiger partial charge in [0.1, 0.15) is 0 Å². The smallest absolute Gasteiger partial charge is 0.330 e. The van der Waals surface area contributed by atoms with Crippen LogP contribution in [0.4, 0.5) is 0 Å². The van der Waals surface area contributed by atoms with Gasteiger partial charge in [0.25, 0.3) is 0 Å². The number of benzene rings is 2. The van der Waals surface area contributed by atoms with Crippen LogP contribution in [-0.4, -0.2) is 18.1 Å². The van der Waals surface area contributed by atoms with E-state index in [1.165, 1.54) is 13.2 Å². The summed E-state index contributed by atoms with van der Waals surface area (Å²) in [5.74, 6) is -0.347. The first-order valence-electron chi connectivity index (χ1n) is 8.12. The fraction of sp³-hybridized carbons (Fsp3) is 0.0909. The van der Waals surface area contributed by atoms with Gasteiger partial charge in [0, 0.05) is 17.2 Å². The van der Waals surface area contributed by atoms with Crippen molar-refractivity contribution in [2.45, 2.75) is 6.42 Å². The molecule has 3 aromatic rings. The second-order valence-corrected chi connectivity index (χ2v) is 5.61. The zero-order valence-electron chi connectivity index (χ0n) is 14.1. The van der Waals surface area contributed by atoms with E-state index in [1.54, 1.807) is 0 Å². The molecule has 0 aliphatic carbocycles. The summed E-state index contributed by atoms with van der Waals surface area (Å²) in [6, 6.07) is 24.3. The number of esters is 1. The van der Waals surface area contributed by atoms with Crippen LogP contribution in [0.5, 0.6) is 0 Å². The molecule has 0 N–H and O–H groups in total. The summed E-state index contributed by atoms with van der Waals surface area (Å²) in [6.07, 6.45) is 3.90. The summed E-state index contributed by atoms with van der Waals surface area (Å²) in [4.78, 5) is 16.1. The number of ether oxygens (including phenoxy) is 1. The molecule has 0 fully saturated rings. The van der Waals surface area contributed by atoms with Crippen LogP contribution in [0.15, 0.2) is 84.9 Å². The van der Waals surface area contributed by atoms with Gasteiger partial charge >= 0.3 is 5.97 Å². The standard InChI is InChI=1S/C22H19NO2/c1-25-22(24)14-8-9-17-15-20(18-10-4-2-5-11-18)23-21(16-17)19-12-6-3-7-13-19/h2-8,10-16H,9H2,1H3. The fourth-order valence-corrected chi connectivity index (χ4v) is 2.58. The molecule has 1 heterocycles. The number of pyridine rings is 1. The molecule has 0 spiro atoms. The van der Waals surface area contributed by atoms with E-state index in [9.17, 15) is 4.79 Å². The van der Waals surface area contributed by atoms with E-state index in [0.29, 0.717) is 6.42 Å². The molecule has 2 aromatic carbocycles. The van der Waals surface area contributed by atoms with Gasteiger partial charge in [-0.2, -0.15) is 0 Å². The summed E-state index contributed by atoms with van der Waals surface area (Å²) in [5, 5.41) is 0. The van der Waals surface area contributed by atoms with Crippen LogP contribution >= 0.6 is 0 Å². The number of aromatic nitrogens is 1. The van der Waals surface area contributed by atoms with Crippen LogP contribution in [-0.2, 0) is 16.0 Å². The number of allylic oxidation sites excluding steroid dienone is 1. The van der Waals surface area contributed by atoms with Crippen molar-refractivity contribution in [3.8, 4) is 22.5 Å². The van der Waals surface area contributed by atoms with E-state index in [2.05, 4.69) is 16.9 Å². The minimum atomic E-state index is -0.347. The second-order valence-electron chi connectivity index (χ2n) is 5.61. The van der Waals surface area contributed by atoms with Gasteiger partial charge < -0.3 is 4.74 Å². The topological polar surface area (TPSA) is 39.2 Å². The van der Waals surface area contributed by atoms with E-state index in [-0.39, 0.29) is 5.97 Å². The molecule has 0 atom stereocenters. The summed E-state index contributed by atoms with van der Waals surface area (Å²) < 4.78 is 4.64. The molecule has 0 radical (unpaired) electrons. The number of carbonyl (C=O) groups is 1. The number of hydrogen-bond donors (Lipinski definition) is 0. The molecule has 124 valence electrons. The monoisotopic (exact) mass is 329 g/mol. The molecule has 0 saturated carbocycles. The largest absolute Gasteiger partial charge is 0.466 e. The van der Waals surface area contributed by atoms with E-state index in [4.69, 9.17) is 4.98 Å². The predicted molar refractivity (Wildman–Crippen MR) is 100.0 cm³/mol. The molecule has 1 aromatic heterocycles. The molecular formula is C22H19NO2. The summed E-state index contributed by atoms with van der Waals surface area (Å²) in [5.41, 5.74) is 5.07. The molecule has 3 nitrogen and oxygen atoms in total. The molecule has 0 bridgehead atoms. The van der Waals surface area contributed by atoms with E-state index < -0.39 is 0 Å². The highest BCUT2D eigenvalue weighted by atomic mass is 16.5. The third-order valence-electron chi connectivity index (χ3n) is 3.83.